The Balaban J connectivity index is 1.92. The van der Waals surface area contributed by atoms with Gasteiger partial charge in [0.2, 0.25) is 5.91 Å². The van der Waals surface area contributed by atoms with Gasteiger partial charge in [0.25, 0.3) is 0 Å². The molecule has 1 aliphatic heterocycles. The number of hydrogen-bond donors (Lipinski definition) is 2. The van der Waals surface area contributed by atoms with E-state index in [4.69, 9.17) is 11.6 Å². The topological polar surface area (TPSA) is 61.4 Å². The molecule has 2 N–H and O–H groups in total. The largest absolute Gasteiger partial charge is 0.359 e. The summed E-state index contributed by atoms with van der Waals surface area (Å²) in [6.07, 6.45) is 1.40. The maximum Gasteiger partial charge on any atom is 0.321 e. The first kappa shape index (κ1) is 15.6. The van der Waals surface area contributed by atoms with Crippen LogP contribution in [0, 0.1) is 12.8 Å². The number of carbonyl (C=O) groups is 2. The molecule has 1 heterocycles. The number of benzene rings is 1. The maximum atomic E-state index is 12.2. The molecule has 1 aliphatic rings. The van der Waals surface area contributed by atoms with Gasteiger partial charge in [0.15, 0.2) is 0 Å². The van der Waals surface area contributed by atoms with Gasteiger partial charge in [0.05, 0.1) is 0 Å². The third-order valence-corrected chi connectivity index (χ3v) is 4.06. The van der Waals surface area contributed by atoms with E-state index < -0.39 is 0 Å². The molecule has 21 heavy (non-hydrogen) atoms. The molecule has 0 aliphatic carbocycles. The Morgan fingerprint density at radius 3 is 2.52 bits per heavy atom. The summed E-state index contributed by atoms with van der Waals surface area (Å²) in [5.74, 6) is 0.0694. The summed E-state index contributed by atoms with van der Waals surface area (Å²) in [4.78, 5) is 25.5. The zero-order valence-electron chi connectivity index (χ0n) is 12.3. The molecular weight excluding hydrogens is 290 g/mol. The predicted molar refractivity (Wildman–Crippen MR) is 83.6 cm³/mol. The van der Waals surface area contributed by atoms with Gasteiger partial charge < -0.3 is 15.5 Å². The van der Waals surface area contributed by atoms with E-state index in [0.717, 1.165) is 11.3 Å². The average Bonchev–Trinajstić information content (AvgIpc) is 2.49. The van der Waals surface area contributed by atoms with Crippen molar-refractivity contribution in [3.05, 3.63) is 28.8 Å². The van der Waals surface area contributed by atoms with Gasteiger partial charge in [0, 0.05) is 36.8 Å². The zero-order valence-corrected chi connectivity index (χ0v) is 13.0. The van der Waals surface area contributed by atoms with Gasteiger partial charge in [-0.1, -0.05) is 11.6 Å². The Hall–Kier alpha value is -1.75. The fourth-order valence-electron chi connectivity index (χ4n) is 2.51. The minimum absolute atomic E-state index is 0.0105. The number of rotatable bonds is 2. The summed E-state index contributed by atoms with van der Waals surface area (Å²) in [6, 6.07) is 5.24. The van der Waals surface area contributed by atoms with Gasteiger partial charge in [-0.2, -0.15) is 0 Å². The van der Waals surface area contributed by atoms with Crippen LogP contribution in [0.15, 0.2) is 18.2 Å². The van der Waals surface area contributed by atoms with Crippen molar-refractivity contribution in [3.8, 4) is 0 Å². The number of piperidine rings is 1. The van der Waals surface area contributed by atoms with E-state index in [-0.39, 0.29) is 17.9 Å². The van der Waals surface area contributed by atoms with Gasteiger partial charge in [-0.15, -0.1) is 0 Å². The predicted octanol–water partition coefficient (Wildman–Crippen LogP) is 2.64. The number of aryl methyl sites for hydroxylation is 1. The van der Waals surface area contributed by atoms with Crippen molar-refractivity contribution in [2.75, 3.05) is 25.5 Å². The van der Waals surface area contributed by atoms with E-state index in [0.29, 0.717) is 31.0 Å². The van der Waals surface area contributed by atoms with E-state index in [1.54, 1.807) is 24.1 Å². The van der Waals surface area contributed by atoms with Crippen LogP contribution in [0.1, 0.15) is 18.4 Å². The number of nitrogens with zero attached hydrogens (tertiary/aromatic N) is 1. The smallest absolute Gasteiger partial charge is 0.321 e. The van der Waals surface area contributed by atoms with Crippen LogP contribution in [-0.2, 0) is 4.79 Å². The number of anilines is 1. The second-order valence-corrected chi connectivity index (χ2v) is 5.70. The van der Waals surface area contributed by atoms with E-state index >= 15 is 0 Å². The first-order chi connectivity index (χ1) is 10.0. The SMILES string of the molecule is CNC(=O)C1CCN(C(=O)Nc2ccc(Cl)cc2C)CC1. The molecule has 0 aromatic heterocycles. The third kappa shape index (κ3) is 3.88. The molecule has 2 rings (SSSR count). The van der Waals surface area contributed by atoms with Crippen LogP contribution in [-0.4, -0.2) is 37.0 Å². The molecule has 1 aromatic carbocycles. The molecule has 0 radical (unpaired) electrons. The van der Waals surface area contributed by atoms with Crippen molar-refractivity contribution in [3.63, 3.8) is 0 Å². The van der Waals surface area contributed by atoms with Crippen molar-refractivity contribution in [2.45, 2.75) is 19.8 Å². The molecule has 5 nitrogen and oxygen atoms in total. The van der Waals surface area contributed by atoms with Gasteiger partial charge in [0.1, 0.15) is 0 Å². The third-order valence-electron chi connectivity index (χ3n) is 3.83. The lowest BCUT2D eigenvalue weighted by atomic mass is 9.96. The number of carbonyl (C=O) groups excluding carboxylic acids is 2. The lowest BCUT2D eigenvalue weighted by Gasteiger charge is -2.31. The fraction of sp³-hybridized carbons (Fsp3) is 0.467. The highest BCUT2D eigenvalue weighted by atomic mass is 35.5. The van der Waals surface area contributed by atoms with Crippen molar-refractivity contribution in [1.29, 1.82) is 0 Å². The molecule has 1 fully saturated rings. The van der Waals surface area contributed by atoms with Crippen LogP contribution in [0.25, 0.3) is 0 Å². The minimum Gasteiger partial charge on any atom is -0.359 e. The Kier molecular flexibility index (Phi) is 5.07. The Labute approximate surface area is 129 Å². The molecule has 0 spiro atoms. The van der Waals surface area contributed by atoms with Crippen LogP contribution in [0.5, 0.6) is 0 Å². The normalized spacial score (nSPS) is 15.7. The van der Waals surface area contributed by atoms with Crippen molar-refractivity contribution < 1.29 is 9.59 Å². The van der Waals surface area contributed by atoms with Gasteiger partial charge in [-0.25, -0.2) is 4.79 Å². The summed E-state index contributed by atoms with van der Waals surface area (Å²) < 4.78 is 0. The molecule has 0 bridgehead atoms. The number of nitrogens with one attached hydrogen (secondary N) is 2. The highest BCUT2D eigenvalue weighted by Crippen LogP contribution is 2.22. The van der Waals surface area contributed by atoms with Crippen LogP contribution in [0.3, 0.4) is 0 Å². The van der Waals surface area contributed by atoms with E-state index in [1.807, 2.05) is 13.0 Å². The first-order valence-electron chi connectivity index (χ1n) is 7.05. The molecule has 6 heteroatoms. The lowest BCUT2D eigenvalue weighted by molar-refractivity contribution is -0.125. The van der Waals surface area contributed by atoms with Crippen molar-refractivity contribution >= 4 is 29.2 Å². The van der Waals surface area contributed by atoms with Gasteiger partial charge in [-0.3, -0.25) is 4.79 Å². The number of halogens is 1. The number of likely N-dealkylation sites (tertiary alicyclic amines) is 1. The Morgan fingerprint density at radius 1 is 1.29 bits per heavy atom. The summed E-state index contributed by atoms with van der Waals surface area (Å²) in [5, 5.41) is 6.20. The Morgan fingerprint density at radius 2 is 1.95 bits per heavy atom. The van der Waals surface area contributed by atoms with Crippen molar-refractivity contribution in [1.82, 2.24) is 10.2 Å². The lowest BCUT2D eigenvalue weighted by Crippen LogP contribution is -2.44. The van der Waals surface area contributed by atoms with E-state index in [1.165, 1.54) is 0 Å². The molecule has 3 amide bonds. The Bertz CT molecular complexity index is 540. The number of amides is 3. The molecule has 1 aromatic rings. The standard InChI is InChI=1S/C15H20ClN3O2/c1-10-9-12(16)3-4-13(10)18-15(21)19-7-5-11(6-8-19)14(20)17-2/h3-4,9,11H,5-8H2,1-2H3,(H,17,20)(H,18,21). The summed E-state index contributed by atoms with van der Waals surface area (Å²) in [7, 11) is 1.64. The fourth-order valence-corrected chi connectivity index (χ4v) is 2.74. The van der Waals surface area contributed by atoms with Gasteiger partial charge in [-0.05, 0) is 43.5 Å². The van der Waals surface area contributed by atoms with Crippen LogP contribution in [0.4, 0.5) is 10.5 Å². The van der Waals surface area contributed by atoms with Crippen molar-refractivity contribution in [2.24, 2.45) is 5.92 Å². The highest BCUT2D eigenvalue weighted by Gasteiger charge is 2.26. The van der Waals surface area contributed by atoms with E-state index in [2.05, 4.69) is 10.6 Å². The second kappa shape index (κ2) is 6.80. The summed E-state index contributed by atoms with van der Waals surface area (Å²) in [6.45, 7) is 3.09. The molecule has 114 valence electrons. The minimum atomic E-state index is -0.129. The summed E-state index contributed by atoms with van der Waals surface area (Å²) in [5.41, 5.74) is 1.69. The van der Waals surface area contributed by atoms with Gasteiger partial charge >= 0.3 is 6.03 Å². The molecule has 0 saturated carbocycles. The maximum absolute atomic E-state index is 12.2. The van der Waals surface area contributed by atoms with Crippen LogP contribution < -0.4 is 10.6 Å². The number of hydrogen-bond acceptors (Lipinski definition) is 2. The second-order valence-electron chi connectivity index (χ2n) is 5.26. The van der Waals surface area contributed by atoms with Crippen LogP contribution in [0.2, 0.25) is 5.02 Å². The monoisotopic (exact) mass is 309 g/mol. The molecule has 0 unspecified atom stereocenters. The molecule has 0 atom stereocenters. The molecule has 1 saturated heterocycles. The molecular formula is C15H20ClN3O2. The quantitative estimate of drug-likeness (QED) is 0.882. The van der Waals surface area contributed by atoms with Crippen LogP contribution >= 0.6 is 11.6 Å². The summed E-state index contributed by atoms with van der Waals surface area (Å²) >= 11 is 5.90. The van der Waals surface area contributed by atoms with E-state index in [9.17, 15) is 9.59 Å². The average molecular weight is 310 g/mol. The number of urea groups is 1. The zero-order chi connectivity index (χ0) is 15.4. The highest BCUT2D eigenvalue weighted by molar-refractivity contribution is 6.30. The first-order valence-corrected chi connectivity index (χ1v) is 7.42.